The van der Waals surface area contributed by atoms with E-state index in [4.69, 9.17) is 4.42 Å². The Kier molecular flexibility index (Phi) is 3.84. The number of hydrogen-bond acceptors (Lipinski definition) is 2. The third kappa shape index (κ3) is 3.38. The van der Waals surface area contributed by atoms with Crippen molar-refractivity contribution in [1.82, 2.24) is 5.32 Å². The minimum Gasteiger partial charge on any atom is -0.468 e. The number of hydrogen-bond donors (Lipinski definition) is 1. The Hall–Kier alpha value is -0.760. The number of rotatable bonds is 4. The molecule has 1 heterocycles. The zero-order valence-electron chi connectivity index (χ0n) is 9.54. The predicted molar refractivity (Wildman–Crippen MR) is 61.5 cm³/mol. The monoisotopic (exact) mass is 207 g/mol. The molecule has 0 amide bonds. The van der Waals surface area contributed by atoms with Gasteiger partial charge in [-0.25, -0.2) is 0 Å². The molecule has 0 aromatic carbocycles. The highest BCUT2D eigenvalue weighted by Crippen LogP contribution is 2.27. The molecular weight excluding hydrogens is 186 g/mol. The van der Waals surface area contributed by atoms with Crippen LogP contribution in [-0.4, -0.2) is 6.54 Å². The second-order valence-electron chi connectivity index (χ2n) is 4.85. The number of nitrogens with one attached hydrogen (secondary N) is 1. The Bertz CT molecular complexity index is 268. The van der Waals surface area contributed by atoms with Crippen molar-refractivity contribution in [1.29, 1.82) is 0 Å². The summed E-state index contributed by atoms with van der Waals surface area (Å²) in [5.41, 5.74) is 0. The van der Waals surface area contributed by atoms with Crippen molar-refractivity contribution in [3.05, 3.63) is 24.2 Å². The molecule has 1 aliphatic carbocycles. The fourth-order valence-electron chi connectivity index (χ4n) is 2.56. The summed E-state index contributed by atoms with van der Waals surface area (Å²) < 4.78 is 5.28. The van der Waals surface area contributed by atoms with Gasteiger partial charge >= 0.3 is 0 Å². The first-order chi connectivity index (χ1) is 7.34. The van der Waals surface area contributed by atoms with Gasteiger partial charge in [0.05, 0.1) is 12.8 Å². The smallest absolute Gasteiger partial charge is 0.117 e. The molecule has 2 unspecified atom stereocenters. The number of furan rings is 1. The van der Waals surface area contributed by atoms with E-state index in [0.717, 1.165) is 30.7 Å². The summed E-state index contributed by atoms with van der Waals surface area (Å²) in [7, 11) is 0. The normalized spacial score (nSPS) is 26.7. The Balaban J connectivity index is 1.65. The van der Waals surface area contributed by atoms with Crippen LogP contribution in [0.25, 0.3) is 0 Å². The lowest BCUT2D eigenvalue weighted by molar-refractivity contribution is 0.272. The zero-order valence-corrected chi connectivity index (χ0v) is 9.54. The first-order valence-electron chi connectivity index (χ1n) is 6.07. The molecular formula is C13H21NO. The molecule has 15 heavy (non-hydrogen) atoms. The van der Waals surface area contributed by atoms with Crippen molar-refractivity contribution in [2.45, 2.75) is 39.2 Å². The standard InChI is InChI=1S/C13H21NO/c1-11-4-2-5-12(8-11)9-14-10-13-6-3-7-15-13/h3,6-7,11-12,14H,2,4-5,8-10H2,1H3. The molecule has 0 spiro atoms. The molecule has 1 saturated carbocycles. The molecule has 1 fully saturated rings. The fraction of sp³-hybridized carbons (Fsp3) is 0.692. The van der Waals surface area contributed by atoms with Crippen molar-refractivity contribution < 1.29 is 4.42 Å². The van der Waals surface area contributed by atoms with Gasteiger partial charge in [-0.15, -0.1) is 0 Å². The molecule has 2 heteroatoms. The van der Waals surface area contributed by atoms with E-state index in [-0.39, 0.29) is 0 Å². The van der Waals surface area contributed by atoms with Crippen LogP contribution >= 0.6 is 0 Å². The van der Waals surface area contributed by atoms with Crippen LogP contribution in [0.3, 0.4) is 0 Å². The lowest BCUT2D eigenvalue weighted by Crippen LogP contribution is -2.26. The third-order valence-corrected chi connectivity index (χ3v) is 3.36. The van der Waals surface area contributed by atoms with E-state index >= 15 is 0 Å². The van der Waals surface area contributed by atoms with Gasteiger partial charge in [-0.05, 0) is 43.4 Å². The summed E-state index contributed by atoms with van der Waals surface area (Å²) in [4.78, 5) is 0. The Morgan fingerprint density at radius 3 is 3.13 bits per heavy atom. The van der Waals surface area contributed by atoms with E-state index in [0.29, 0.717) is 0 Å². The molecule has 0 saturated heterocycles. The average molecular weight is 207 g/mol. The highest BCUT2D eigenvalue weighted by Gasteiger charge is 2.18. The van der Waals surface area contributed by atoms with Gasteiger partial charge < -0.3 is 9.73 Å². The Labute approximate surface area is 92.1 Å². The fourth-order valence-corrected chi connectivity index (χ4v) is 2.56. The summed E-state index contributed by atoms with van der Waals surface area (Å²) in [6, 6.07) is 3.97. The largest absolute Gasteiger partial charge is 0.468 e. The van der Waals surface area contributed by atoms with Crippen LogP contribution in [0, 0.1) is 11.8 Å². The molecule has 0 bridgehead atoms. The molecule has 2 rings (SSSR count). The molecule has 1 aromatic heterocycles. The van der Waals surface area contributed by atoms with Crippen molar-refractivity contribution in [3.63, 3.8) is 0 Å². The van der Waals surface area contributed by atoms with Crippen molar-refractivity contribution in [3.8, 4) is 0 Å². The molecule has 2 nitrogen and oxygen atoms in total. The van der Waals surface area contributed by atoms with Crippen molar-refractivity contribution >= 4 is 0 Å². The van der Waals surface area contributed by atoms with Crippen LogP contribution in [-0.2, 0) is 6.54 Å². The van der Waals surface area contributed by atoms with E-state index in [1.807, 2.05) is 12.1 Å². The third-order valence-electron chi connectivity index (χ3n) is 3.36. The molecule has 1 aromatic rings. The molecule has 84 valence electrons. The summed E-state index contributed by atoms with van der Waals surface area (Å²) in [6.45, 7) is 4.39. The maximum absolute atomic E-state index is 5.28. The van der Waals surface area contributed by atoms with Gasteiger partial charge in [0.25, 0.3) is 0 Å². The lowest BCUT2D eigenvalue weighted by Gasteiger charge is -2.26. The SMILES string of the molecule is CC1CCCC(CNCc2ccco2)C1. The van der Waals surface area contributed by atoms with Gasteiger partial charge in [-0.1, -0.05) is 19.8 Å². The van der Waals surface area contributed by atoms with Gasteiger partial charge in [0.2, 0.25) is 0 Å². The van der Waals surface area contributed by atoms with Crippen molar-refractivity contribution in [2.24, 2.45) is 11.8 Å². The minimum atomic E-state index is 0.873. The molecule has 1 aliphatic rings. The van der Waals surface area contributed by atoms with E-state index in [9.17, 15) is 0 Å². The topological polar surface area (TPSA) is 25.2 Å². The molecule has 1 N–H and O–H groups in total. The quantitative estimate of drug-likeness (QED) is 0.820. The van der Waals surface area contributed by atoms with Gasteiger partial charge in [0.15, 0.2) is 0 Å². The van der Waals surface area contributed by atoms with Crippen LogP contribution < -0.4 is 5.32 Å². The average Bonchev–Trinajstić information content (AvgIpc) is 2.71. The highest BCUT2D eigenvalue weighted by molar-refractivity contribution is 4.97. The van der Waals surface area contributed by atoms with E-state index in [2.05, 4.69) is 12.2 Å². The molecule has 2 atom stereocenters. The second-order valence-corrected chi connectivity index (χ2v) is 4.85. The molecule has 0 aliphatic heterocycles. The van der Waals surface area contributed by atoms with Gasteiger partial charge in [0.1, 0.15) is 5.76 Å². The summed E-state index contributed by atoms with van der Waals surface area (Å²) in [6.07, 6.45) is 7.36. The van der Waals surface area contributed by atoms with Crippen LogP contribution in [0.15, 0.2) is 22.8 Å². The Morgan fingerprint density at radius 2 is 2.40 bits per heavy atom. The highest BCUT2D eigenvalue weighted by atomic mass is 16.3. The summed E-state index contributed by atoms with van der Waals surface area (Å²) in [5.74, 6) is 2.84. The van der Waals surface area contributed by atoms with Crippen LogP contribution in [0.2, 0.25) is 0 Å². The van der Waals surface area contributed by atoms with E-state index < -0.39 is 0 Å². The predicted octanol–water partition coefficient (Wildman–Crippen LogP) is 3.20. The van der Waals surface area contributed by atoms with E-state index in [1.165, 1.54) is 25.7 Å². The maximum Gasteiger partial charge on any atom is 0.117 e. The maximum atomic E-state index is 5.28. The first kappa shape index (κ1) is 10.7. The summed E-state index contributed by atoms with van der Waals surface area (Å²) in [5, 5.41) is 3.48. The van der Waals surface area contributed by atoms with Crippen LogP contribution in [0.4, 0.5) is 0 Å². The second kappa shape index (κ2) is 5.36. The van der Waals surface area contributed by atoms with Gasteiger partial charge in [-0.3, -0.25) is 0 Å². The summed E-state index contributed by atoms with van der Waals surface area (Å²) >= 11 is 0. The van der Waals surface area contributed by atoms with Crippen LogP contribution in [0.1, 0.15) is 38.4 Å². The first-order valence-corrected chi connectivity index (χ1v) is 6.07. The lowest BCUT2D eigenvalue weighted by atomic mass is 9.82. The minimum absolute atomic E-state index is 0.873. The van der Waals surface area contributed by atoms with Gasteiger partial charge in [0, 0.05) is 0 Å². The molecule has 0 radical (unpaired) electrons. The van der Waals surface area contributed by atoms with E-state index in [1.54, 1.807) is 6.26 Å². The zero-order chi connectivity index (χ0) is 10.5. The Morgan fingerprint density at radius 1 is 1.47 bits per heavy atom. The van der Waals surface area contributed by atoms with Crippen LogP contribution in [0.5, 0.6) is 0 Å². The van der Waals surface area contributed by atoms with Crippen molar-refractivity contribution in [2.75, 3.05) is 6.54 Å². The van der Waals surface area contributed by atoms with Gasteiger partial charge in [-0.2, -0.15) is 0 Å².